The summed E-state index contributed by atoms with van der Waals surface area (Å²) >= 11 is 5.20. The normalized spacial score (nSPS) is 17.2. The lowest BCUT2D eigenvalue weighted by atomic mass is 9.99. The lowest BCUT2D eigenvalue weighted by molar-refractivity contribution is 0.199. The molecule has 0 aliphatic carbocycles. The van der Waals surface area contributed by atoms with E-state index in [-0.39, 0.29) is 0 Å². The van der Waals surface area contributed by atoms with Gasteiger partial charge in [-0.15, -0.1) is 0 Å². The Kier molecular flexibility index (Phi) is 4.51. The van der Waals surface area contributed by atoms with Crippen molar-refractivity contribution in [2.75, 3.05) is 31.5 Å². The molecule has 0 unspecified atom stereocenters. The standard InChI is InChI=1S/C16H22N4S/c1-12-6-9-20(10-7-12)11-8-17-15-13-4-2-3-5-14(13)18-16(21)19-15/h2-5,12H,6-11H2,1H3,(H2,17,18,19,21). The Morgan fingerprint density at radius 3 is 2.90 bits per heavy atom. The maximum Gasteiger partial charge on any atom is 0.199 e. The molecule has 0 radical (unpaired) electrons. The summed E-state index contributed by atoms with van der Waals surface area (Å²) in [4.78, 5) is 10.1. The molecule has 1 aromatic heterocycles. The van der Waals surface area contributed by atoms with Gasteiger partial charge in [0.2, 0.25) is 0 Å². The van der Waals surface area contributed by atoms with Crippen molar-refractivity contribution in [3.8, 4) is 0 Å². The molecule has 1 aliphatic rings. The average molecular weight is 302 g/mol. The summed E-state index contributed by atoms with van der Waals surface area (Å²) in [5, 5.41) is 4.54. The summed E-state index contributed by atoms with van der Waals surface area (Å²) in [6, 6.07) is 8.13. The highest BCUT2D eigenvalue weighted by Gasteiger charge is 2.15. The topological polar surface area (TPSA) is 44.0 Å². The Bertz CT molecular complexity index is 659. The fraction of sp³-hybridized carbons (Fsp3) is 0.500. The first-order chi connectivity index (χ1) is 10.2. The first-order valence-electron chi connectivity index (χ1n) is 7.67. The number of para-hydroxylation sites is 1. The SMILES string of the molecule is CC1CCN(CCNc2nc(=S)[nH]c3ccccc23)CC1. The molecule has 2 aromatic rings. The van der Waals surface area contributed by atoms with Crippen LogP contribution in [0.15, 0.2) is 24.3 Å². The third-order valence-electron chi connectivity index (χ3n) is 4.23. The fourth-order valence-electron chi connectivity index (χ4n) is 2.86. The number of fused-ring (bicyclic) bond motifs is 1. The number of nitrogens with one attached hydrogen (secondary N) is 2. The summed E-state index contributed by atoms with van der Waals surface area (Å²) < 4.78 is 0.531. The summed E-state index contributed by atoms with van der Waals surface area (Å²) in [5.41, 5.74) is 1.03. The molecule has 5 heteroatoms. The predicted octanol–water partition coefficient (Wildman–Crippen LogP) is 3.44. The van der Waals surface area contributed by atoms with Gasteiger partial charge in [0.1, 0.15) is 5.82 Å². The van der Waals surface area contributed by atoms with Crippen molar-refractivity contribution < 1.29 is 0 Å². The van der Waals surface area contributed by atoms with Crippen LogP contribution in [0.25, 0.3) is 10.9 Å². The van der Waals surface area contributed by atoms with E-state index >= 15 is 0 Å². The van der Waals surface area contributed by atoms with E-state index in [2.05, 4.69) is 33.2 Å². The summed E-state index contributed by atoms with van der Waals surface area (Å²) in [6.45, 7) is 6.74. The lowest BCUT2D eigenvalue weighted by Crippen LogP contribution is -2.36. The third-order valence-corrected chi connectivity index (χ3v) is 4.43. The number of nitrogens with zero attached hydrogens (tertiary/aromatic N) is 2. The predicted molar refractivity (Wildman–Crippen MR) is 90.3 cm³/mol. The van der Waals surface area contributed by atoms with Gasteiger partial charge in [-0.3, -0.25) is 0 Å². The minimum atomic E-state index is 0.531. The highest BCUT2D eigenvalue weighted by Crippen LogP contribution is 2.19. The van der Waals surface area contributed by atoms with Gasteiger partial charge in [-0.05, 0) is 56.2 Å². The monoisotopic (exact) mass is 302 g/mol. The Hall–Kier alpha value is -1.46. The highest BCUT2D eigenvalue weighted by molar-refractivity contribution is 7.71. The molecule has 1 saturated heterocycles. The molecule has 0 bridgehead atoms. The van der Waals surface area contributed by atoms with Crippen LogP contribution in [0.4, 0.5) is 5.82 Å². The van der Waals surface area contributed by atoms with E-state index in [1.807, 2.05) is 18.2 Å². The maximum atomic E-state index is 5.20. The molecule has 2 heterocycles. The van der Waals surface area contributed by atoms with Gasteiger partial charge in [0.15, 0.2) is 4.77 Å². The summed E-state index contributed by atoms with van der Waals surface area (Å²) in [5.74, 6) is 1.77. The van der Waals surface area contributed by atoms with Crippen LogP contribution in [0.1, 0.15) is 19.8 Å². The molecule has 0 spiro atoms. The molecule has 4 nitrogen and oxygen atoms in total. The van der Waals surface area contributed by atoms with Crippen LogP contribution in [-0.2, 0) is 0 Å². The lowest BCUT2D eigenvalue weighted by Gasteiger charge is -2.30. The molecule has 0 saturated carbocycles. The Morgan fingerprint density at radius 1 is 1.33 bits per heavy atom. The molecule has 1 aliphatic heterocycles. The Morgan fingerprint density at radius 2 is 2.10 bits per heavy atom. The van der Waals surface area contributed by atoms with Crippen LogP contribution < -0.4 is 5.32 Å². The van der Waals surface area contributed by atoms with E-state index in [4.69, 9.17) is 12.2 Å². The summed E-state index contributed by atoms with van der Waals surface area (Å²) in [6.07, 6.45) is 2.63. The number of rotatable bonds is 4. The molecule has 1 aromatic carbocycles. The molecular formula is C16H22N4S. The number of aromatic amines is 1. The highest BCUT2D eigenvalue weighted by atomic mass is 32.1. The van der Waals surface area contributed by atoms with E-state index in [0.29, 0.717) is 4.77 Å². The van der Waals surface area contributed by atoms with Crippen LogP contribution >= 0.6 is 12.2 Å². The zero-order valence-electron chi connectivity index (χ0n) is 12.4. The van der Waals surface area contributed by atoms with Gasteiger partial charge < -0.3 is 15.2 Å². The van der Waals surface area contributed by atoms with Crippen LogP contribution in [0.5, 0.6) is 0 Å². The van der Waals surface area contributed by atoms with Crippen molar-refractivity contribution in [2.24, 2.45) is 5.92 Å². The number of H-pyrrole nitrogens is 1. The third kappa shape index (κ3) is 3.60. The Balaban J connectivity index is 1.64. The Labute approximate surface area is 130 Å². The van der Waals surface area contributed by atoms with Crippen LogP contribution in [0.2, 0.25) is 0 Å². The van der Waals surface area contributed by atoms with E-state index in [1.54, 1.807) is 0 Å². The zero-order valence-corrected chi connectivity index (χ0v) is 13.2. The molecule has 2 N–H and O–H groups in total. The van der Waals surface area contributed by atoms with Crippen LogP contribution in [0.3, 0.4) is 0 Å². The van der Waals surface area contributed by atoms with Gasteiger partial charge in [-0.1, -0.05) is 19.1 Å². The smallest absolute Gasteiger partial charge is 0.199 e. The van der Waals surface area contributed by atoms with E-state index in [1.165, 1.54) is 25.9 Å². The van der Waals surface area contributed by atoms with Gasteiger partial charge in [0.25, 0.3) is 0 Å². The number of piperidine rings is 1. The van der Waals surface area contributed by atoms with E-state index in [0.717, 1.165) is 35.7 Å². The first-order valence-corrected chi connectivity index (χ1v) is 8.08. The largest absolute Gasteiger partial charge is 0.368 e. The van der Waals surface area contributed by atoms with Gasteiger partial charge in [-0.25, -0.2) is 4.98 Å². The van der Waals surface area contributed by atoms with E-state index in [9.17, 15) is 0 Å². The second-order valence-corrected chi connectivity index (χ2v) is 6.27. The number of likely N-dealkylation sites (tertiary alicyclic amines) is 1. The van der Waals surface area contributed by atoms with Crippen molar-refractivity contribution in [1.82, 2.24) is 14.9 Å². The van der Waals surface area contributed by atoms with Gasteiger partial charge >= 0.3 is 0 Å². The van der Waals surface area contributed by atoms with Crippen molar-refractivity contribution in [2.45, 2.75) is 19.8 Å². The van der Waals surface area contributed by atoms with Crippen molar-refractivity contribution >= 4 is 28.9 Å². The quantitative estimate of drug-likeness (QED) is 0.849. The minimum absolute atomic E-state index is 0.531. The average Bonchev–Trinajstić information content (AvgIpc) is 2.49. The zero-order chi connectivity index (χ0) is 14.7. The number of hydrogen-bond acceptors (Lipinski definition) is 4. The fourth-order valence-corrected chi connectivity index (χ4v) is 3.06. The first kappa shape index (κ1) is 14.5. The molecule has 1 fully saturated rings. The second kappa shape index (κ2) is 6.54. The van der Waals surface area contributed by atoms with Crippen molar-refractivity contribution in [3.05, 3.63) is 29.0 Å². The molecule has 0 atom stereocenters. The van der Waals surface area contributed by atoms with E-state index < -0.39 is 0 Å². The van der Waals surface area contributed by atoms with Gasteiger partial charge in [0, 0.05) is 18.5 Å². The van der Waals surface area contributed by atoms with Gasteiger partial charge in [0.05, 0.1) is 5.52 Å². The number of hydrogen-bond donors (Lipinski definition) is 2. The van der Waals surface area contributed by atoms with Crippen molar-refractivity contribution in [3.63, 3.8) is 0 Å². The molecule has 0 amide bonds. The number of anilines is 1. The van der Waals surface area contributed by atoms with Gasteiger partial charge in [-0.2, -0.15) is 0 Å². The van der Waals surface area contributed by atoms with Crippen molar-refractivity contribution in [1.29, 1.82) is 0 Å². The molecule has 21 heavy (non-hydrogen) atoms. The van der Waals surface area contributed by atoms with Crippen LogP contribution in [-0.4, -0.2) is 41.0 Å². The maximum absolute atomic E-state index is 5.20. The molecule has 3 rings (SSSR count). The van der Waals surface area contributed by atoms with Crippen LogP contribution in [0, 0.1) is 10.7 Å². The second-order valence-electron chi connectivity index (χ2n) is 5.89. The summed E-state index contributed by atoms with van der Waals surface area (Å²) in [7, 11) is 0. The minimum Gasteiger partial charge on any atom is -0.368 e. The molecule has 112 valence electrons. The number of benzene rings is 1. The molecular weight excluding hydrogens is 280 g/mol. The number of aromatic nitrogens is 2.